The lowest BCUT2D eigenvalue weighted by atomic mass is 10.1. The highest BCUT2D eigenvalue weighted by Gasteiger charge is 2.21. The zero-order valence-corrected chi connectivity index (χ0v) is 19.9. The number of hydrogen-bond donors (Lipinski definition) is 1. The van der Waals surface area contributed by atoms with E-state index in [1.165, 1.54) is 35.6 Å². The normalized spacial score (nSPS) is 11.1. The van der Waals surface area contributed by atoms with Gasteiger partial charge in [-0.3, -0.25) is 14.1 Å². The van der Waals surface area contributed by atoms with Gasteiger partial charge in [0.15, 0.2) is 0 Å². The van der Waals surface area contributed by atoms with Gasteiger partial charge in [0.25, 0.3) is 15.9 Å². The van der Waals surface area contributed by atoms with Gasteiger partial charge in [0.1, 0.15) is 0 Å². The van der Waals surface area contributed by atoms with Gasteiger partial charge in [-0.25, -0.2) is 8.42 Å². The van der Waals surface area contributed by atoms with Crippen LogP contribution in [0, 0.1) is 0 Å². The number of aromatic nitrogens is 1. The number of benzene rings is 3. The predicted molar refractivity (Wildman–Crippen MR) is 135 cm³/mol. The molecule has 0 atom stereocenters. The third-order valence-corrected chi connectivity index (χ3v) is 7.39. The first-order chi connectivity index (χ1) is 16.3. The van der Waals surface area contributed by atoms with Crippen molar-refractivity contribution in [3.05, 3.63) is 119 Å². The standard InChI is InChI=1S/C26H22ClN3O3S/c1-30(34(32,33)25-12-6-22(27)7-13-25)24-10-4-21(5-11-24)26(31)29-23-8-2-19(3-9-23)18-20-14-16-28-17-15-20/h2-17H,18H2,1H3,(H,29,31). The van der Waals surface area contributed by atoms with Crippen LogP contribution in [-0.4, -0.2) is 26.4 Å². The maximum Gasteiger partial charge on any atom is 0.264 e. The van der Waals surface area contributed by atoms with Crippen LogP contribution in [0.3, 0.4) is 0 Å². The Morgan fingerprint density at radius 1 is 0.853 bits per heavy atom. The predicted octanol–water partition coefficient (Wildman–Crippen LogP) is 5.40. The van der Waals surface area contributed by atoms with Crippen molar-refractivity contribution in [3.63, 3.8) is 0 Å². The van der Waals surface area contributed by atoms with E-state index in [-0.39, 0.29) is 10.8 Å². The summed E-state index contributed by atoms with van der Waals surface area (Å²) >= 11 is 5.86. The fourth-order valence-corrected chi connectivity index (χ4v) is 4.69. The molecule has 34 heavy (non-hydrogen) atoms. The number of carbonyl (C=O) groups is 1. The van der Waals surface area contributed by atoms with Gasteiger partial charge in [0, 0.05) is 35.7 Å². The average molecular weight is 492 g/mol. The first-order valence-corrected chi connectivity index (χ1v) is 12.3. The SMILES string of the molecule is CN(c1ccc(C(=O)Nc2ccc(Cc3ccncc3)cc2)cc1)S(=O)(=O)c1ccc(Cl)cc1. The summed E-state index contributed by atoms with van der Waals surface area (Å²) in [6, 6.07) is 23.9. The van der Waals surface area contributed by atoms with Crippen LogP contribution >= 0.6 is 11.6 Å². The number of anilines is 2. The molecule has 1 aromatic heterocycles. The highest BCUT2D eigenvalue weighted by atomic mass is 35.5. The third kappa shape index (κ3) is 5.44. The van der Waals surface area contributed by atoms with Crippen molar-refractivity contribution in [1.29, 1.82) is 0 Å². The summed E-state index contributed by atoms with van der Waals surface area (Å²) in [5.74, 6) is -0.281. The molecule has 4 rings (SSSR count). The molecule has 3 aromatic carbocycles. The molecule has 0 radical (unpaired) electrons. The molecule has 1 N–H and O–H groups in total. The van der Waals surface area contributed by atoms with Crippen LogP contribution < -0.4 is 9.62 Å². The fourth-order valence-electron chi connectivity index (χ4n) is 3.37. The van der Waals surface area contributed by atoms with Crippen LogP contribution in [0.5, 0.6) is 0 Å². The van der Waals surface area contributed by atoms with Crippen LogP contribution in [-0.2, 0) is 16.4 Å². The molecule has 0 aliphatic carbocycles. The lowest BCUT2D eigenvalue weighted by Crippen LogP contribution is -2.26. The highest BCUT2D eigenvalue weighted by molar-refractivity contribution is 7.92. The Bertz CT molecular complexity index is 1370. The largest absolute Gasteiger partial charge is 0.322 e. The van der Waals surface area contributed by atoms with Crippen LogP contribution in [0.1, 0.15) is 21.5 Å². The Hall–Kier alpha value is -3.68. The number of carbonyl (C=O) groups excluding carboxylic acids is 1. The van der Waals surface area contributed by atoms with Gasteiger partial charge in [-0.15, -0.1) is 0 Å². The summed E-state index contributed by atoms with van der Waals surface area (Å²) in [4.78, 5) is 16.8. The average Bonchev–Trinajstić information content (AvgIpc) is 2.86. The second-order valence-electron chi connectivity index (χ2n) is 7.66. The number of sulfonamides is 1. The summed E-state index contributed by atoms with van der Waals surface area (Å²) < 4.78 is 26.9. The van der Waals surface area contributed by atoms with Crippen molar-refractivity contribution < 1.29 is 13.2 Å². The molecule has 1 amide bonds. The van der Waals surface area contributed by atoms with Crippen LogP contribution in [0.2, 0.25) is 5.02 Å². The monoisotopic (exact) mass is 491 g/mol. The molecule has 0 bridgehead atoms. The maximum atomic E-state index is 12.8. The lowest BCUT2D eigenvalue weighted by molar-refractivity contribution is 0.102. The Kier molecular flexibility index (Phi) is 6.95. The van der Waals surface area contributed by atoms with Crippen molar-refractivity contribution in [3.8, 4) is 0 Å². The van der Waals surface area contributed by atoms with E-state index in [0.717, 1.165) is 17.5 Å². The minimum atomic E-state index is -3.75. The van der Waals surface area contributed by atoms with E-state index in [0.29, 0.717) is 22.0 Å². The van der Waals surface area contributed by atoms with Crippen molar-refractivity contribution in [1.82, 2.24) is 4.98 Å². The molecular formula is C26H22ClN3O3S. The van der Waals surface area contributed by atoms with Gasteiger partial charge in [-0.2, -0.15) is 0 Å². The van der Waals surface area contributed by atoms with Gasteiger partial charge in [0.05, 0.1) is 10.6 Å². The second kappa shape index (κ2) is 10.1. The first kappa shape index (κ1) is 23.5. The van der Waals surface area contributed by atoms with Crippen molar-refractivity contribution in [2.45, 2.75) is 11.3 Å². The molecule has 0 fully saturated rings. The fraction of sp³-hybridized carbons (Fsp3) is 0.0769. The summed E-state index contributed by atoms with van der Waals surface area (Å²) in [6.45, 7) is 0. The van der Waals surface area contributed by atoms with Crippen LogP contribution in [0.15, 0.2) is 102 Å². The number of rotatable bonds is 7. The Morgan fingerprint density at radius 2 is 1.44 bits per heavy atom. The third-order valence-electron chi connectivity index (χ3n) is 5.33. The second-order valence-corrected chi connectivity index (χ2v) is 10.1. The van der Waals surface area contributed by atoms with Crippen LogP contribution in [0.25, 0.3) is 0 Å². The number of pyridine rings is 1. The van der Waals surface area contributed by atoms with Crippen molar-refractivity contribution >= 4 is 38.9 Å². The molecule has 172 valence electrons. The summed E-state index contributed by atoms with van der Waals surface area (Å²) in [5.41, 5.74) is 3.82. The van der Waals surface area contributed by atoms with Gasteiger partial charge in [-0.1, -0.05) is 23.7 Å². The topological polar surface area (TPSA) is 79.4 Å². The van der Waals surface area contributed by atoms with Crippen molar-refractivity contribution in [2.75, 3.05) is 16.7 Å². The molecular weight excluding hydrogens is 470 g/mol. The summed E-state index contributed by atoms with van der Waals surface area (Å²) in [7, 11) is -2.28. The molecule has 0 spiro atoms. The highest BCUT2D eigenvalue weighted by Crippen LogP contribution is 2.24. The van der Waals surface area contributed by atoms with E-state index < -0.39 is 10.0 Å². The minimum Gasteiger partial charge on any atom is -0.322 e. The minimum absolute atomic E-state index is 0.133. The molecule has 0 aliphatic rings. The van der Waals surface area contributed by atoms with E-state index in [4.69, 9.17) is 11.6 Å². The molecule has 0 unspecified atom stereocenters. The van der Waals surface area contributed by atoms with E-state index in [9.17, 15) is 13.2 Å². The molecule has 6 nitrogen and oxygen atoms in total. The summed E-state index contributed by atoms with van der Waals surface area (Å²) in [5, 5.41) is 3.32. The van der Waals surface area contributed by atoms with Crippen LogP contribution in [0.4, 0.5) is 11.4 Å². The Morgan fingerprint density at radius 3 is 2.06 bits per heavy atom. The number of halogens is 1. The smallest absolute Gasteiger partial charge is 0.264 e. The van der Waals surface area contributed by atoms with E-state index in [1.807, 2.05) is 36.4 Å². The lowest BCUT2D eigenvalue weighted by Gasteiger charge is -2.20. The van der Waals surface area contributed by atoms with Gasteiger partial charge < -0.3 is 5.32 Å². The van der Waals surface area contributed by atoms with E-state index in [2.05, 4.69) is 10.3 Å². The van der Waals surface area contributed by atoms with Gasteiger partial charge in [-0.05, 0) is 90.3 Å². The zero-order valence-electron chi connectivity index (χ0n) is 18.4. The number of nitrogens with one attached hydrogen (secondary N) is 1. The van der Waals surface area contributed by atoms with Gasteiger partial charge >= 0.3 is 0 Å². The quantitative estimate of drug-likeness (QED) is 0.375. The number of amides is 1. The number of nitrogens with zero attached hydrogens (tertiary/aromatic N) is 2. The van der Waals surface area contributed by atoms with E-state index >= 15 is 0 Å². The summed E-state index contributed by atoms with van der Waals surface area (Å²) in [6.07, 6.45) is 4.31. The van der Waals surface area contributed by atoms with E-state index in [1.54, 1.807) is 36.7 Å². The maximum absolute atomic E-state index is 12.8. The Balaban J connectivity index is 1.41. The molecule has 0 saturated carbocycles. The van der Waals surface area contributed by atoms with Crippen molar-refractivity contribution in [2.24, 2.45) is 0 Å². The Labute approximate surface area is 203 Å². The zero-order chi connectivity index (χ0) is 24.1. The molecule has 0 aliphatic heterocycles. The molecule has 8 heteroatoms. The first-order valence-electron chi connectivity index (χ1n) is 10.5. The molecule has 0 saturated heterocycles. The van der Waals surface area contributed by atoms with Gasteiger partial charge in [0.2, 0.25) is 0 Å². The number of hydrogen-bond acceptors (Lipinski definition) is 4. The molecule has 4 aromatic rings. The molecule has 1 heterocycles.